The Morgan fingerprint density at radius 3 is 2.27 bits per heavy atom. The van der Waals surface area contributed by atoms with Crippen LogP contribution < -0.4 is 5.32 Å². The second-order valence-corrected chi connectivity index (χ2v) is 8.07. The molecule has 0 fully saturated rings. The highest BCUT2D eigenvalue weighted by atomic mass is 79.9. The minimum atomic E-state index is -1.56. The quantitative estimate of drug-likeness (QED) is 0.501. The van der Waals surface area contributed by atoms with Crippen molar-refractivity contribution in [3.63, 3.8) is 0 Å². The Hall–Kier alpha value is -2.67. The van der Waals surface area contributed by atoms with Crippen LogP contribution in [0.2, 0.25) is 0 Å². The van der Waals surface area contributed by atoms with Crippen molar-refractivity contribution in [2.45, 2.75) is 32.6 Å². The van der Waals surface area contributed by atoms with Gasteiger partial charge in [-0.3, -0.25) is 14.4 Å². The van der Waals surface area contributed by atoms with Crippen LogP contribution in [0.5, 0.6) is 0 Å². The predicted octanol–water partition coefficient (Wildman–Crippen LogP) is 4.23. The highest BCUT2D eigenvalue weighted by Crippen LogP contribution is 2.45. The van der Waals surface area contributed by atoms with Crippen LogP contribution in [0, 0.1) is 5.41 Å². The van der Waals surface area contributed by atoms with E-state index in [0.717, 1.165) is 15.6 Å². The van der Waals surface area contributed by atoms with E-state index >= 15 is 0 Å². The smallest absolute Gasteiger partial charge is 0.323 e. The molecule has 0 saturated heterocycles. The number of ether oxygens (including phenoxy) is 2. The van der Waals surface area contributed by atoms with Crippen molar-refractivity contribution in [1.29, 1.82) is 0 Å². The van der Waals surface area contributed by atoms with Crippen LogP contribution in [0.15, 0.2) is 53.0 Å². The molecule has 1 amide bonds. The first-order valence-corrected chi connectivity index (χ1v) is 10.7. The molecule has 2 aromatic carbocycles. The number of hydrogen-bond donors (Lipinski definition) is 1. The van der Waals surface area contributed by atoms with Gasteiger partial charge in [0.25, 0.3) is 0 Å². The van der Waals surface area contributed by atoms with Gasteiger partial charge in [-0.2, -0.15) is 0 Å². The van der Waals surface area contributed by atoms with Crippen LogP contribution in [0.25, 0.3) is 0 Å². The zero-order chi connectivity index (χ0) is 21.7. The first kappa shape index (κ1) is 22.0. The maximum atomic E-state index is 13.3. The van der Waals surface area contributed by atoms with Crippen LogP contribution in [0.1, 0.15) is 37.3 Å². The molecule has 0 bridgehead atoms. The van der Waals surface area contributed by atoms with E-state index in [0.29, 0.717) is 5.69 Å². The Balaban J connectivity index is 2.05. The molecule has 30 heavy (non-hydrogen) atoms. The maximum Gasteiger partial charge on any atom is 0.323 e. The summed E-state index contributed by atoms with van der Waals surface area (Å²) in [5.41, 5.74) is 0.606. The summed E-state index contributed by atoms with van der Waals surface area (Å²) in [5.74, 6) is -2.33. The summed E-state index contributed by atoms with van der Waals surface area (Å²) in [6.45, 7) is 3.64. The average Bonchev–Trinajstić information content (AvgIpc) is 2.74. The van der Waals surface area contributed by atoms with Crippen molar-refractivity contribution in [3.8, 4) is 0 Å². The van der Waals surface area contributed by atoms with Gasteiger partial charge in [0.1, 0.15) is 0 Å². The SMILES string of the molecule is CCOC(=O)C1(C(=O)OCC)Cc2ccc(Br)cc2C(C(=O)Nc2ccccc2)C1. The van der Waals surface area contributed by atoms with Crippen molar-refractivity contribution in [1.82, 2.24) is 0 Å². The van der Waals surface area contributed by atoms with Gasteiger partial charge in [0, 0.05) is 10.2 Å². The summed E-state index contributed by atoms with van der Waals surface area (Å²) in [6, 6.07) is 14.6. The third kappa shape index (κ3) is 4.41. The summed E-state index contributed by atoms with van der Waals surface area (Å²) in [4.78, 5) is 39.2. The van der Waals surface area contributed by atoms with Gasteiger partial charge < -0.3 is 14.8 Å². The van der Waals surface area contributed by atoms with Crippen LogP contribution in [0.4, 0.5) is 5.69 Å². The minimum Gasteiger partial charge on any atom is -0.465 e. The number of esters is 2. The molecule has 1 aliphatic carbocycles. The number of benzene rings is 2. The first-order valence-electron chi connectivity index (χ1n) is 9.90. The van der Waals surface area contributed by atoms with Crippen molar-refractivity contribution in [3.05, 3.63) is 64.1 Å². The Morgan fingerprint density at radius 2 is 1.67 bits per heavy atom. The number of fused-ring (bicyclic) bond motifs is 1. The molecular weight excluding hydrogens is 450 g/mol. The van der Waals surface area contributed by atoms with Gasteiger partial charge in [-0.15, -0.1) is 0 Å². The van der Waals surface area contributed by atoms with E-state index in [1.54, 1.807) is 26.0 Å². The number of rotatable bonds is 6. The van der Waals surface area contributed by atoms with Gasteiger partial charge in [-0.1, -0.05) is 40.2 Å². The summed E-state index contributed by atoms with van der Waals surface area (Å²) in [6.07, 6.45) is 0.106. The average molecular weight is 474 g/mol. The minimum absolute atomic E-state index is 0.0210. The lowest BCUT2D eigenvalue weighted by Gasteiger charge is -2.37. The van der Waals surface area contributed by atoms with Gasteiger partial charge in [-0.05, 0) is 62.1 Å². The highest BCUT2D eigenvalue weighted by Gasteiger charge is 2.54. The molecule has 1 unspecified atom stereocenters. The van der Waals surface area contributed by atoms with E-state index in [2.05, 4.69) is 21.2 Å². The number of halogens is 1. The largest absolute Gasteiger partial charge is 0.465 e. The zero-order valence-corrected chi connectivity index (χ0v) is 18.5. The van der Waals surface area contributed by atoms with Crippen molar-refractivity contribution < 1.29 is 23.9 Å². The summed E-state index contributed by atoms with van der Waals surface area (Å²) >= 11 is 3.46. The van der Waals surface area contributed by atoms with Gasteiger partial charge in [0.2, 0.25) is 5.91 Å². The van der Waals surface area contributed by atoms with Crippen molar-refractivity contribution in [2.75, 3.05) is 18.5 Å². The molecule has 0 aromatic heterocycles. The lowest BCUT2D eigenvalue weighted by atomic mass is 9.66. The molecule has 6 nitrogen and oxygen atoms in total. The van der Waals surface area contributed by atoms with E-state index in [9.17, 15) is 14.4 Å². The maximum absolute atomic E-state index is 13.3. The molecule has 1 N–H and O–H groups in total. The molecule has 3 rings (SSSR count). The lowest BCUT2D eigenvalue weighted by Crippen LogP contribution is -2.48. The monoisotopic (exact) mass is 473 g/mol. The predicted molar refractivity (Wildman–Crippen MR) is 116 cm³/mol. The fourth-order valence-corrected chi connectivity index (χ4v) is 4.20. The van der Waals surface area contributed by atoms with E-state index in [1.807, 2.05) is 36.4 Å². The van der Waals surface area contributed by atoms with Gasteiger partial charge in [0.05, 0.1) is 19.1 Å². The number of carbonyl (C=O) groups excluding carboxylic acids is 3. The standard InChI is InChI=1S/C23H24BrNO5/c1-3-29-21(27)23(22(28)30-4-2)13-15-10-11-16(24)12-18(15)19(14-23)20(26)25-17-8-6-5-7-9-17/h5-12,19H,3-4,13-14H2,1-2H3,(H,25,26). The molecule has 0 saturated carbocycles. The topological polar surface area (TPSA) is 81.7 Å². The van der Waals surface area contributed by atoms with Crippen molar-refractivity contribution in [2.24, 2.45) is 5.41 Å². The van der Waals surface area contributed by atoms with Gasteiger partial charge in [-0.25, -0.2) is 0 Å². The number of para-hydroxylation sites is 1. The molecule has 158 valence electrons. The lowest BCUT2D eigenvalue weighted by molar-refractivity contribution is -0.173. The number of nitrogens with one attached hydrogen (secondary N) is 1. The fraction of sp³-hybridized carbons (Fsp3) is 0.348. The Bertz CT molecular complexity index is 926. The second kappa shape index (κ2) is 9.43. The van der Waals surface area contributed by atoms with E-state index < -0.39 is 23.3 Å². The molecule has 0 heterocycles. The van der Waals surface area contributed by atoms with Crippen LogP contribution >= 0.6 is 15.9 Å². The molecule has 1 atom stereocenters. The Morgan fingerprint density at radius 1 is 1.03 bits per heavy atom. The van der Waals surface area contributed by atoms with E-state index in [1.165, 1.54) is 0 Å². The van der Waals surface area contributed by atoms with Crippen LogP contribution in [-0.4, -0.2) is 31.1 Å². The summed E-state index contributed by atoms with van der Waals surface area (Å²) < 4.78 is 11.3. The van der Waals surface area contributed by atoms with Crippen molar-refractivity contribution >= 4 is 39.5 Å². The Labute approximate surface area is 184 Å². The molecule has 7 heteroatoms. The van der Waals surface area contributed by atoms with Gasteiger partial charge in [0.15, 0.2) is 5.41 Å². The molecule has 2 aromatic rings. The zero-order valence-electron chi connectivity index (χ0n) is 16.9. The van der Waals surface area contributed by atoms with Gasteiger partial charge >= 0.3 is 11.9 Å². The number of carbonyl (C=O) groups is 3. The molecule has 1 aliphatic rings. The third-order valence-electron chi connectivity index (χ3n) is 5.22. The fourth-order valence-electron chi connectivity index (χ4n) is 3.82. The van der Waals surface area contributed by atoms with E-state index in [-0.39, 0.29) is 32.0 Å². The van der Waals surface area contributed by atoms with Crippen LogP contribution in [-0.2, 0) is 30.3 Å². The molecule has 0 aliphatic heterocycles. The molecule has 0 spiro atoms. The number of hydrogen-bond acceptors (Lipinski definition) is 5. The molecular formula is C23H24BrNO5. The molecule has 0 radical (unpaired) electrons. The van der Waals surface area contributed by atoms with Crippen LogP contribution in [0.3, 0.4) is 0 Å². The second-order valence-electron chi connectivity index (χ2n) is 7.15. The summed E-state index contributed by atoms with van der Waals surface area (Å²) in [5, 5.41) is 2.89. The summed E-state index contributed by atoms with van der Waals surface area (Å²) in [7, 11) is 0. The Kier molecular flexibility index (Phi) is 6.92. The normalized spacial score (nSPS) is 16.8. The first-order chi connectivity index (χ1) is 14.4. The van der Waals surface area contributed by atoms with E-state index in [4.69, 9.17) is 9.47 Å². The number of amides is 1. The number of anilines is 1. The third-order valence-corrected chi connectivity index (χ3v) is 5.71. The highest BCUT2D eigenvalue weighted by molar-refractivity contribution is 9.10.